The Morgan fingerprint density at radius 1 is 1.39 bits per heavy atom. The molecule has 0 aliphatic rings. The van der Waals surface area contributed by atoms with E-state index in [0.717, 1.165) is 34.6 Å². The highest BCUT2D eigenvalue weighted by atomic mass is 32.1. The lowest BCUT2D eigenvalue weighted by molar-refractivity contribution is 0.722. The average Bonchev–Trinajstić information content (AvgIpc) is 2.95. The van der Waals surface area contributed by atoms with Gasteiger partial charge in [-0.25, -0.2) is 9.97 Å². The largest absolute Gasteiger partial charge is 0.369 e. The smallest absolute Gasteiger partial charge is 0.201 e. The lowest BCUT2D eigenvalue weighted by Crippen LogP contribution is -2.05. The molecule has 1 aromatic carbocycles. The number of hydrogen-bond acceptors (Lipinski definition) is 4. The van der Waals surface area contributed by atoms with Gasteiger partial charge in [-0.15, -0.1) is 11.3 Å². The number of benzene rings is 1. The first kappa shape index (κ1) is 11.2. The molecule has 0 unspecified atom stereocenters. The Morgan fingerprint density at radius 3 is 3.06 bits per heavy atom. The summed E-state index contributed by atoms with van der Waals surface area (Å²) in [7, 11) is 0. The Hall–Kier alpha value is -1.88. The highest BCUT2D eigenvalue weighted by Crippen LogP contribution is 2.21. The quantitative estimate of drug-likeness (QED) is 0.785. The second kappa shape index (κ2) is 4.42. The molecule has 2 heterocycles. The van der Waals surface area contributed by atoms with Crippen LogP contribution in [0.15, 0.2) is 29.8 Å². The first-order valence-corrected chi connectivity index (χ1v) is 6.73. The molecule has 18 heavy (non-hydrogen) atoms. The molecule has 0 radical (unpaired) electrons. The van der Waals surface area contributed by atoms with Gasteiger partial charge in [0.1, 0.15) is 0 Å². The summed E-state index contributed by atoms with van der Waals surface area (Å²) in [6, 6.07) is 6.16. The van der Waals surface area contributed by atoms with Gasteiger partial charge in [0.15, 0.2) is 0 Å². The number of nitrogens with two attached hydrogens (primary N) is 1. The van der Waals surface area contributed by atoms with Crippen LogP contribution in [0.3, 0.4) is 0 Å². The van der Waals surface area contributed by atoms with Gasteiger partial charge in [-0.1, -0.05) is 12.1 Å². The number of anilines is 1. The topological polar surface area (TPSA) is 56.7 Å². The van der Waals surface area contributed by atoms with E-state index in [-0.39, 0.29) is 0 Å². The van der Waals surface area contributed by atoms with Gasteiger partial charge in [0.05, 0.1) is 16.0 Å². The first-order valence-electron chi connectivity index (χ1n) is 5.85. The summed E-state index contributed by atoms with van der Waals surface area (Å²) in [5.41, 5.74) is 9.25. The minimum Gasteiger partial charge on any atom is -0.369 e. The number of imidazole rings is 1. The maximum absolute atomic E-state index is 6.00. The van der Waals surface area contributed by atoms with Crippen molar-refractivity contribution in [2.24, 2.45) is 0 Å². The van der Waals surface area contributed by atoms with Gasteiger partial charge in [-0.3, -0.25) is 0 Å². The zero-order chi connectivity index (χ0) is 12.5. The van der Waals surface area contributed by atoms with Crippen molar-refractivity contribution in [3.8, 4) is 0 Å². The van der Waals surface area contributed by atoms with E-state index in [1.807, 2.05) is 17.6 Å². The van der Waals surface area contributed by atoms with Gasteiger partial charge >= 0.3 is 0 Å². The summed E-state index contributed by atoms with van der Waals surface area (Å²) in [5.74, 6) is 0.579. The highest BCUT2D eigenvalue weighted by Gasteiger charge is 2.09. The molecule has 0 atom stereocenters. The molecule has 2 aromatic heterocycles. The van der Waals surface area contributed by atoms with Gasteiger partial charge in [0.2, 0.25) is 5.95 Å². The van der Waals surface area contributed by atoms with Crippen molar-refractivity contribution < 1.29 is 0 Å². The predicted molar refractivity (Wildman–Crippen MR) is 74.7 cm³/mol. The van der Waals surface area contributed by atoms with Gasteiger partial charge in [0.25, 0.3) is 0 Å². The third-order valence-electron chi connectivity index (χ3n) is 3.04. The summed E-state index contributed by atoms with van der Waals surface area (Å²) >= 11 is 1.67. The predicted octanol–water partition coefficient (Wildman–Crippen LogP) is 2.63. The van der Waals surface area contributed by atoms with Crippen molar-refractivity contribution in [2.45, 2.75) is 19.9 Å². The number of para-hydroxylation sites is 1. The third kappa shape index (κ3) is 1.86. The first-order chi connectivity index (χ1) is 8.75. The summed E-state index contributed by atoms with van der Waals surface area (Å²) in [4.78, 5) is 8.72. The summed E-state index contributed by atoms with van der Waals surface area (Å²) in [6.45, 7) is 2.87. The molecule has 3 rings (SSSR count). The van der Waals surface area contributed by atoms with Gasteiger partial charge in [-0.2, -0.15) is 0 Å². The number of hydrogen-bond donors (Lipinski definition) is 1. The average molecular weight is 258 g/mol. The molecule has 5 heteroatoms. The van der Waals surface area contributed by atoms with E-state index < -0.39 is 0 Å². The maximum atomic E-state index is 6.00. The summed E-state index contributed by atoms with van der Waals surface area (Å²) < 4.78 is 2.06. The van der Waals surface area contributed by atoms with Gasteiger partial charge in [-0.05, 0) is 18.6 Å². The van der Waals surface area contributed by atoms with Crippen molar-refractivity contribution in [3.05, 3.63) is 40.3 Å². The molecule has 92 valence electrons. The van der Waals surface area contributed by atoms with E-state index in [4.69, 9.17) is 5.73 Å². The van der Waals surface area contributed by atoms with E-state index >= 15 is 0 Å². The van der Waals surface area contributed by atoms with Crippen LogP contribution in [0.1, 0.15) is 10.6 Å². The molecule has 0 fully saturated rings. The Labute approximate surface area is 109 Å². The molecule has 0 aliphatic heterocycles. The van der Waals surface area contributed by atoms with E-state index in [0.29, 0.717) is 5.95 Å². The van der Waals surface area contributed by atoms with Crippen molar-refractivity contribution >= 4 is 28.3 Å². The lowest BCUT2D eigenvalue weighted by Gasteiger charge is -2.04. The second-order valence-electron chi connectivity index (χ2n) is 4.24. The fraction of sp³-hybridized carbons (Fsp3) is 0.231. The maximum Gasteiger partial charge on any atom is 0.201 e. The Kier molecular flexibility index (Phi) is 2.76. The monoisotopic (exact) mass is 258 g/mol. The second-order valence-corrected chi connectivity index (χ2v) is 5.22. The zero-order valence-electron chi connectivity index (χ0n) is 10.1. The molecule has 4 nitrogen and oxygen atoms in total. The van der Waals surface area contributed by atoms with Crippen molar-refractivity contribution in [1.82, 2.24) is 14.5 Å². The Balaban J connectivity index is 1.96. The lowest BCUT2D eigenvalue weighted by atomic mass is 10.2. The number of thiazole rings is 1. The normalized spacial score (nSPS) is 11.2. The molecule has 0 bridgehead atoms. The molecule has 0 amide bonds. The van der Waals surface area contributed by atoms with Gasteiger partial charge < -0.3 is 10.3 Å². The van der Waals surface area contributed by atoms with Crippen LogP contribution in [0.2, 0.25) is 0 Å². The van der Waals surface area contributed by atoms with Crippen LogP contribution < -0.4 is 5.73 Å². The molecular formula is C13H14N4S. The van der Waals surface area contributed by atoms with E-state index in [2.05, 4.69) is 33.6 Å². The van der Waals surface area contributed by atoms with E-state index in [9.17, 15) is 0 Å². The zero-order valence-corrected chi connectivity index (χ0v) is 10.9. The van der Waals surface area contributed by atoms with Crippen molar-refractivity contribution in [3.63, 3.8) is 0 Å². The van der Waals surface area contributed by atoms with E-state index in [1.54, 1.807) is 11.3 Å². The number of aromatic nitrogens is 3. The van der Waals surface area contributed by atoms with Crippen LogP contribution >= 0.6 is 11.3 Å². The van der Waals surface area contributed by atoms with Crippen LogP contribution in [0.5, 0.6) is 0 Å². The molecule has 2 N–H and O–H groups in total. The van der Waals surface area contributed by atoms with Crippen LogP contribution in [0.25, 0.3) is 11.0 Å². The van der Waals surface area contributed by atoms with Crippen LogP contribution in [-0.4, -0.2) is 14.5 Å². The fourth-order valence-corrected chi connectivity index (χ4v) is 2.73. The SMILES string of the molecule is Cc1cccc2c1nc(N)n2CCc1nccs1. The molecule has 0 aliphatic carbocycles. The standard InChI is InChI=1S/C13H14N4S/c1-9-3-2-4-10-12(9)16-13(14)17(10)7-5-11-15-6-8-18-11/h2-4,6,8H,5,7H2,1H3,(H2,14,16). The number of nitrogens with zero attached hydrogens (tertiary/aromatic N) is 3. The number of nitrogen functional groups attached to an aromatic ring is 1. The number of rotatable bonds is 3. The number of fused-ring (bicyclic) bond motifs is 1. The van der Waals surface area contributed by atoms with Crippen molar-refractivity contribution in [1.29, 1.82) is 0 Å². The molecule has 0 saturated carbocycles. The molecule has 3 aromatic rings. The number of aryl methyl sites for hydroxylation is 3. The molecular weight excluding hydrogens is 244 g/mol. The Morgan fingerprint density at radius 2 is 2.28 bits per heavy atom. The van der Waals surface area contributed by atoms with Crippen LogP contribution in [0.4, 0.5) is 5.95 Å². The Bertz CT molecular complexity index is 670. The third-order valence-corrected chi connectivity index (χ3v) is 3.88. The minimum absolute atomic E-state index is 0.579. The van der Waals surface area contributed by atoms with Crippen LogP contribution in [0, 0.1) is 6.92 Å². The molecule has 0 saturated heterocycles. The van der Waals surface area contributed by atoms with E-state index in [1.165, 1.54) is 0 Å². The summed E-state index contributed by atoms with van der Waals surface area (Å²) in [5, 5.41) is 3.12. The fourth-order valence-electron chi connectivity index (χ4n) is 2.12. The highest BCUT2D eigenvalue weighted by molar-refractivity contribution is 7.09. The molecule has 0 spiro atoms. The van der Waals surface area contributed by atoms with Crippen LogP contribution in [-0.2, 0) is 13.0 Å². The minimum atomic E-state index is 0.579. The van der Waals surface area contributed by atoms with Crippen molar-refractivity contribution in [2.75, 3.05) is 5.73 Å². The summed E-state index contributed by atoms with van der Waals surface area (Å²) in [6.07, 6.45) is 2.72. The van der Waals surface area contributed by atoms with Gasteiger partial charge in [0, 0.05) is 24.5 Å².